The molecule has 3 atom stereocenters. The van der Waals surface area contributed by atoms with Gasteiger partial charge in [-0.25, -0.2) is 4.57 Å². The molecule has 0 amide bonds. The number of hydrogen-bond acceptors (Lipinski definition) is 8. The molecular weight excluding hydrogens is 886 g/mol. The third kappa shape index (κ3) is 54.6. The minimum Gasteiger partial charge on any atom is -0.480 e. The monoisotopic (exact) mass is 1000 g/mol. The quantitative estimate of drug-likeness (QED) is 0.0305. The number of carboxylic acids is 1. The maximum absolute atomic E-state index is 12.7. The maximum Gasteiger partial charge on any atom is 0.472 e. The van der Waals surface area contributed by atoms with Crippen LogP contribution in [0.5, 0.6) is 0 Å². The van der Waals surface area contributed by atoms with E-state index in [9.17, 15) is 19.0 Å². The Hall–Kier alpha value is -1.03. The molecule has 0 aromatic carbocycles. The van der Waals surface area contributed by atoms with E-state index in [2.05, 4.69) is 13.8 Å². The van der Waals surface area contributed by atoms with Gasteiger partial charge in [-0.1, -0.05) is 303 Å². The minimum absolute atomic E-state index is 0.0265. The van der Waals surface area contributed by atoms with Crippen molar-refractivity contribution >= 4 is 19.8 Å². The number of unbranched alkanes of at least 4 members (excludes halogenated alkanes) is 45. The molecule has 0 spiro atoms. The fraction of sp³-hybridized carbons (Fsp3) is 0.966. The Balaban J connectivity index is 3.90. The van der Waals surface area contributed by atoms with Gasteiger partial charge in [0.2, 0.25) is 0 Å². The van der Waals surface area contributed by atoms with Crippen molar-refractivity contribution in [2.24, 2.45) is 5.73 Å². The van der Waals surface area contributed by atoms with Gasteiger partial charge in [-0.05, 0) is 12.8 Å². The predicted molar refractivity (Wildman–Crippen MR) is 291 cm³/mol. The molecule has 10 nitrogen and oxygen atoms in total. The van der Waals surface area contributed by atoms with E-state index in [-0.39, 0.29) is 13.0 Å². The van der Waals surface area contributed by atoms with Crippen LogP contribution in [0.4, 0.5) is 0 Å². The first-order chi connectivity index (χ1) is 33.7. The third-order valence-electron chi connectivity index (χ3n) is 13.9. The van der Waals surface area contributed by atoms with Crippen LogP contribution in [-0.4, -0.2) is 60.5 Å². The van der Waals surface area contributed by atoms with Crippen LogP contribution < -0.4 is 5.73 Å². The van der Waals surface area contributed by atoms with Crippen molar-refractivity contribution in [1.82, 2.24) is 0 Å². The summed E-state index contributed by atoms with van der Waals surface area (Å²) in [7, 11) is -4.62. The van der Waals surface area contributed by atoms with Crippen molar-refractivity contribution in [3.63, 3.8) is 0 Å². The van der Waals surface area contributed by atoms with Gasteiger partial charge in [-0.3, -0.25) is 18.6 Å². The summed E-state index contributed by atoms with van der Waals surface area (Å²) in [5.41, 5.74) is 5.39. The highest BCUT2D eigenvalue weighted by atomic mass is 31.2. The summed E-state index contributed by atoms with van der Waals surface area (Å²) in [6.45, 7) is 3.97. The molecule has 0 heterocycles. The lowest BCUT2D eigenvalue weighted by Crippen LogP contribution is -2.34. The SMILES string of the molecule is CCCCCCCCCCCCCCCCCCCCCCCCCCCCCCCCCC(=O)O[C@H](COCCCCCCCCCCCCCCCCCC)COP(=O)(O)OC[C@H](N)C(=O)O. The van der Waals surface area contributed by atoms with Crippen molar-refractivity contribution in [3.05, 3.63) is 0 Å². The molecular formula is C58H116NO9P. The van der Waals surface area contributed by atoms with Gasteiger partial charge in [0.15, 0.2) is 0 Å². The molecule has 0 radical (unpaired) electrons. The summed E-state index contributed by atoms with van der Waals surface area (Å²) >= 11 is 0. The van der Waals surface area contributed by atoms with Crippen LogP contribution in [0, 0.1) is 0 Å². The molecule has 0 rings (SSSR count). The van der Waals surface area contributed by atoms with E-state index in [0.29, 0.717) is 6.61 Å². The zero-order chi connectivity index (χ0) is 50.4. The number of carbonyl (C=O) groups is 2. The van der Waals surface area contributed by atoms with Crippen LogP contribution in [0.15, 0.2) is 0 Å². The second kappa shape index (κ2) is 54.7. The zero-order valence-electron chi connectivity index (χ0n) is 45.7. The molecule has 0 saturated carbocycles. The van der Waals surface area contributed by atoms with E-state index in [4.69, 9.17) is 29.4 Å². The summed E-state index contributed by atoms with van der Waals surface area (Å²) in [4.78, 5) is 33.8. The Morgan fingerprint density at radius 3 is 0.957 bits per heavy atom. The number of aliphatic carboxylic acids is 1. The molecule has 0 fully saturated rings. The van der Waals surface area contributed by atoms with Gasteiger partial charge in [0, 0.05) is 13.0 Å². The number of phosphoric acid groups is 1. The molecule has 4 N–H and O–H groups in total. The molecule has 0 aliphatic carbocycles. The number of phosphoric ester groups is 1. The Morgan fingerprint density at radius 2 is 0.667 bits per heavy atom. The Morgan fingerprint density at radius 1 is 0.406 bits per heavy atom. The molecule has 0 aromatic heterocycles. The summed E-state index contributed by atoms with van der Waals surface area (Å²) < 4.78 is 33.6. The molecule has 1 unspecified atom stereocenters. The number of carbonyl (C=O) groups excluding carboxylic acids is 1. The summed E-state index contributed by atoms with van der Waals surface area (Å²) in [5, 5.41) is 8.95. The van der Waals surface area contributed by atoms with Crippen LogP contribution in [0.3, 0.4) is 0 Å². The summed E-state index contributed by atoms with van der Waals surface area (Å²) in [5.74, 6) is -1.76. The van der Waals surface area contributed by atoms with Crippen molar-refractivity contribution < 1.29 is 42.7 Å². The van der Waals surface area contributed by atoms with Crippen molar-refractivity contribution in [1.29, 1.82) is 0 Å². The van der Waals surface area contributed by atoms with Crippen molar-refractivity contribution in [2.75, 3.05) is 26.4 Å². The second-order valence-electron chi connectivity index (χ2n) is 20.9. The van der Waals surface area contributed by atoms with E-state index in [0.717, 1.165) is 38.5 Å². The Kier molecular flexibility index (Phi) is 53.9. The molecule has 0 bridgehead atoms. The standard InChI is InChI=1S/C58H116NO9P/c1-3-5-7-9-11-13-15-17-19-21-22-23-24-25-26-27-28-29-30-31-32-33-34-35-36-38-40-42-44-46-48-50-57(60)68-55(53-66-69(63,64)67-54-56(59)58(61)62)52-65-51-49-47-45-43-41-39-37-20-18-16-14-12-10-8-6-4-2/h55-56H,3-54,59H2,1-2H3,(H,61,62)(H,63,64)/t55-,56+/m1/s1. The van der Waals surface area contributed by atoms with Gasteiger partial charge in [-0.2, -0.15) is 0 Å². The van der Waals surface area contributed by atoms with E-state index in [1.54, 1.807) is 0 Å². The predicted octanol–water partition coefficient (Wildman–Crippen LogP) is 18.2. The Labute approximate surface area is 427 Å². The topological polar surface area (TPSA) is 155 Å². The van der Waals surface area contributed by atoms with E-state index in [1.807, 2.05) is 0 Å². The molecule has 412 valence electrons. The largest absolute Gasteiger partial charge is 0.480 e. The van der Waals surface area contributed by atoms with Gasteiger partial charge in [0.25, 0.3) is 0 Å². The lowest BCUT2D eigenvalue weighted by Gasteiger charge is -2.20. The number of ether oxygens (including phenoxy) is 2. The second-order valence-corrected chi connectivity index (χ2v) is 22.3. The third-order valence-corrected chi connectivity index (χ3v) is 14.8. The average Bonchev–Trinajstić information content (AvgIpc) is 3.33. The fourth-order valence-electron chi connectivity index (χ4n) is 9.26. The number of nitrogens with two attached hydrogens (primary N) is 1. The van der Waals surface area contributed by atoms with Crippen molar-refractivity contribution in [3.8, 4) is 0 Å². The molecule has 0 aromatic rings. The van der Waals surface area contributed by atoms with Crippen LogP contribution in [0.25, 0.3) is 0 Å². The molecule has 0 aliphatic rings. The molecule has 11 heteroatoms. The van der Waals surface area contributed by atoms with Gasteiger partial charge in [0.05, 0.1) is 19.8 Å². The smallest absolute Gasteiger partial charge is 0.472 e. The molecule has 0 aliphatic heterocycles. The lowest BCUT2D eigenvalue weighted by atomic mass is 10.0. The van der Waals surface area contributed by atoms with Crippen LogP contribution in [0.2, 0.25) is 0 Å². The normalized spacial score (nSPS) is 13.4. The first-order valence-electron chi connectivity index (χ1n) is 30.1. The minimum atomic E-state index is -4.62. The summed E-state index contributed by atoms with van der Waals surface area (Å²) in [6, 6.07) is -1.47. The van der Waals surface area contributed by atoms with E-state index < -0.39 is 45.1 Å². The van der Waals surface area contributed by atoms with Crippen LogP contribution >= 0.6 is 7.82 Å². The highest BCUT2D eigenvalue weighted by molar-refractivity contribution is 7.47. The lowest BCUT2D eigenvalue weighted by molar-refractivity contribution is -0.154. The average molecular weight is 1000 g/mol. The number of esters is 1. The first kappa shape index (κ1) is 68.0. The molecule has 69 heavy (non-hydrogen) atoms. The molecule has 0 saturated heterocycles. The van der Waals surface area contributed by atoms with Gasteiger partial charge >= 0.3 is 19.8 Å². The first-order valence-corrected chi connectivity index (χ1v) is 31.6. The number of carboxylic acid groups (broad SMARTS) is 1. The summed E-state index contributed by atoms with van der Waals surface area (Å²) in [6.07, 6.45) is 62.0. The van der Waals surface area contributed by atoms with E-state index >= 15 is 0 Å². The maximum atomic E-state index is 12.7. The van der Waals surface area contributed by atoms with E-state index in [1.165, 1.54) is 263 Å². The van der Waals surface area contributed by atoms with Gasteiger partial charge in [0.1, 0.15) is 12.1 Å². The Bertz CT molecular complexity index is 1110. The van der Waals surface area contributed by atoms with Gasteiger partial charge < -0.3 is 25.2 Å². The highest BCUT2D eigenvalue weighted by Gasteiger charge is 2.27. The highest BCUT2D eigenvalue weighted by Crippen LogP contribution is 2.43. The number of rotatable bonds is 59. The van der Waals surface area contributed by atoms with Crippen LogP contribution in [-0.2, 0) is 32.7 Å². The van der Waals surface area contributed by atoms with Crippen LogP contribution in [0.1, 0.15) is 322 Å². The number of hydrogen-bond donors (Lipinski definition) is 3. The zero-order valence-corrected chi connectivity index (χ0v) is 46.6. The van der Waals surface area contributed by atoms with Gasteiger partial charge in [-0.15, -0.1) is 0 Å². The van der Waals surface area contributed by atoms with Crippen molar-refractivity contribution in [2.45, 2.75) is 334 Å². The fourth-order valence-corrected chi connectivity index (χ4v) is 10.0.